The Balaban J connectivity index is 0.000000151. The fourth-order valence-electron chi connectivity index (χ4n) is 5.09. The molecule has 0 aromatic heterocycles. The van der Waals surface area contributed by atoms with Crippen molar-refractivity contribution >= 4 is 0 Å². The van der Waals surface area contributed by atoms with Crippen molar-refractivity contribution in [2.45, 2.75) is 101 Å². The van der Waals surface area contributed by atoms with Crippen molar-refractivity contribution in [2.24, 2.45) is 0 Å². The van der Waals surface area contributed by atoms with Gasteiger partial charge in [0.1, 0.15) is 0 Å². The Bertz CT molecular complexity index is 355. The number of rotatable bonds is 2. The minimum atomic E-state index is -0.512. The van der Waals surface area contributed by atoms with Crippen molar-refractivity contribution in [3.8, 4) is 0 Å². The summed E-state index contributed by atoms with van der Waals surface area (Å²) in [6, 6.07) is 1.25. The molecular weight excluding hydrogens is 332 g/mol. The Morgan fingerprint density at radius 3 is 0.962 bits per heavy atom. The molecule has 4 aliphatic rings. The van der Waals surface area contributed by atoms with Crippen LogP contribution in [0.2, 0.25) is 0 Å². The lowest BCUT2D eigenvalue weighted by Gasteiger charge is -2.30. The Labute approximate surface area is 157 Å². The third kappa shape index (κ3) is 5.40. The van der Waals surface area contributed by atoms with E-state index in [4.69, 9.17) is 0 Å². The fourth-order valence-corrected chi connectivity index (χ4v) is 5.09. The van der Waals surface area contributed by atoms with E-state index in [0.29, 0.717) is 38.3 Å². The molecule has 2 saturated carbocycles. The normalized spacial score (nSPS) is 38.3. The number of likely N-dealkylation sites (tertiary alicyclic amines) is 2. The van der Waals surface area contributed by atoms with Crippen LogP contribution in [0.1, 0.15) is 64.2 Å². The summed E-state index contributed by atoms with van der Waals surface area (Å²) in [5.41, 5.74) is 0. The molecule has 0 aromatic carbocycles. The number of hydrogen-bond donors (Lipinski definition) is 4. The summed E-state index contributed by atoms with van der Waals surface area (Å²) in [7, 11) is 0. The molecule has 2 heterocycles. The van der Waals surface area contributed by atoms with Gasteiger partial charge in [0.05, 0.1) is 24.4 Å². The first-order chi connectivity index (χ1) is 12.5. The Hall–Kier alpha value is -0.240. The van der Waals surface area contributed by atoms with Crippen LogP contribution in [-0.2, 0) is 0 Å². The largest absolute Gasteiger partial charge is 0.389 e. The summed E-state index contributed by atoms with van der Waals surface area (Å²) in [6.45, 7) is 2.69. The number of aliphatic hydroxyl groups excluding tert-OH is 4. The second-order valence-corrected chi connectivity index (χ2v) is 8.76. The van der Waals surface area contributed by atoms with Crippen LogP contribution >= 0.6 is 0 Å². The molecule has 0 aromatic rings. The van der Waals surface area contributed by atoms with Crippen molar-refractivity contribution in [3.63, 3.8) is 0 Å². The molecule has 4 rings (SSSR count). The van der Waals surface area contributed by atoms with Gasteiger partial charge in [-0.05, 0) is 25.7 Å². The lowest BCUT2D eigenvalue weighted by Crippen LogP contribution is -2.35. The molecule has 4 atom stereocenters. The molecule has 0 radical (unpaired) electrons. The van der Waals surface area contributed by atoms with Crippen molar-refractivity contribution in [1.82, 2.24) is 9.80 Å². The van der Waals surface area contributed by atoms with Crippen LogP contribution in [0.4, 0.5) is 0 Å². The van der Waals surface area contributed by atoms with Gasteiger partial charge < -0.3 is 20.4 Å². The van der Waals surface area contributed by atoms with E-state index >= 15 is 0 Å². The minimum absolute atomic E-state index is 0.512. The lowest BCUT2D eigenvalue weighted by atomic mass is 9.94. The van der Waals surface area contributed by atoms with E-state index in [1.165, 1.54) is 64.2 Å². The van der Waals surface area contributed by atoms with Crippen LogP contribution in [0.15, 0.2) is 0 Å². The molecule has 4 N–H and O–H groups in total. The van der Waals surface area contributed by atoms with Gasteiger partial charge in [-0.2, -0.15) is 0 Å². The molecule has 4 fully saturated rings. The highest BCUT2D eigenvalue weighted by Gasteiger charge is 2.34. The van der Waals surface area contributed by atoms with Gasteiger partial charge >= 0.3 is 0 Å². The summed E-state index contributed by atoms with van der Waals surface area (Å²) >= 11 is 0. The number of aliphatic hydroxyl groups is 4. The number of nitrogens with zero attached hydrogens (tertiary/aromatic N) is 2. The van der Waals surface area contributed by atoms with Crippen molar-refractivity contribution < 1.29 is 20.4 Å². The maximum Gasteiger partial charge on any atom is 0.0938 e. The molecule has 6 heteroatoms. The molecule has 2 aliphatic heterocycles. The van der Waals surface area contributed by atoms with Crippen molar-refractivity contribution in [2.75, 3.05) is 26.2 Å². The third-order valence-corrected chi connectivity index (χ3v) is 6.76. The molecule has 152 valence electrons. The first-order valence-corrected chi connectivity index (χ1v) is 10.7. The Morgan fingerprint density at radius 1 is 0.423 bits per heavy atom. The van der Waals surface area contributed by atoms with E-state index in [0.717, 1.165) is 0 Å². The Morgan fingerprint density at radius 2 is 0.692 bits per heavy atom. The number of β-amino-alcohol motifs (C(OH)–C–C–N with tert-alkyl or cyclic N) is 4. The highest BCUT2D eigenvalue weighted by atomic mass is 16.3. The SMILES string of the molecule is O[C@H]1CN(C2CCCCC2)C[C@@H]1O.O[C@H]1CN(C2CCCCC2)C[C@@H]1O. The molecule has 0 unspecified atom stereocenters. The summed E-state index contributed by atoms with van der Waals surface area (Å²) in [5.74, 6) is 0. The van der Waals surface area contributed by atoms with E-state index in [2.05, 4.69) is 9.80 Å². The summed E-state index contributed by atoms with van der Waals surface area (Å²) in [5, 5.41) is 37.6. The van der Waals surface area contributed by atoms with Crippen molar-refractivity contribution in [3.05, 3.63) is 0 Å². The quantitative estimate of drug-likeness (QED) is 0.573. The minimum Gasteiger partial charge on any atom is -0.389 e. The zero-order valence-corrected chi connectivity index (χ0v) is 16.0. The van der Waals surface area contributed by atoms with Gasteiger partial charge in [0.2, 0.25) is 0 Å². The van der Waals surface area contributed by atoms with Gasteiger partial charge in [-0.1, -0.05) is 38.5 Å². The second-order valence-electron chi connectivity index (χ2n) is 8.76. The maximum atomic E-state index is 9.41. The average Bonchev–Trinajstić information content (AvgIpc) is 3.19. The van der Waals surface area contributed by atoms with E-state index in [9.17, 15) is 20.4 Å². The van der Waals surface area contributed by atoms with Gasteiger partial charge in [0.25, 0.3) is 0 Å². The van der Waals surface area contributed by atoms with E-state index in [1.54, 1.807) is 0 Å². The van der Waals surface area contributed by atoms with Gasteiger partial charge in [0.15, 0.2) is 0 Å². The standard InChI is InChI=1S/2C10H19NO2/c2*12-9-6-11(7-10(9)13)8-4-2-1-3-5-8/h2*8-10,12-13H,1-7H2/t2*9-,10-/m00/s1. The topological polar surface area (TPSA) is 87.4 Å². The summed E-state index contributed by atoms with van der Waals surface area (Å²) < 4.78 is 0. The lowest BCUT2D eigenvalue weighted by molar-refractivity contribution is 0.0572. The monoisotopic (exact) mass is 370 g/mol. The molecule has 2 saturated heterocycles. The van der Waals surface area contributed by atoms with E-state index < -0.39 is 24.4 Å². The first-order valence-electron chi connectivity index (χ1n) is 10.7. The van der Waals surface area contributed by atoms with Gasteiger partial charge in [0, 0.05) is 38.3 Å². The molecule has 6 nitrogen and oxygen atoms in total. The smallest absolute Gasteiger partial charge is 0.0938 e. The first kappa shape index (κ1) is 20.5. The van der Waals surface area contributed by atoms with Crippen LogP contribution < -0.4 is 0 Å². The fraction of sp³-hybridized carbons (Fsp3) is 1.00. The molecule has 0 amide bonds. The Kier molecular flexibility index (Phi) is 7.73. The summed E-state index contributed by atoms with van der Waals surface area (Å²) in [6.07, 6.45) is 10.9. The van der Waals surface area contributed by atoms with E-state index in [1.807, 2.05) is 0 Å². The van der Waals surface area contributed by atoms with Crippen LogP contribution in [-0.4, -0.2) is 92.9 Å². The highest BCUT2D eigenvalue weighted by molar-refractivity contribution is 4.89. The summed E-state index contributed by atoms with van der Waals surface area (Å²) in [4.78, 5) is 4.52. The average molecular weight is 371 g/mol. The van der Waals surface area contributed by atoms with Crippen LogP contribution in [0.5, 0.6) is 0 Å². The van der Waals surface area contributed by atoms with Crippen molar-refractivity contribution in [1.29, 1.82) is 0 Å². The predicted molar refractivity (Wildman–Crippen MR) is 101 cm³/mol. The zero-order chi connectivity index (χ0) is 18.5. The molecule has 2 aliphatic carbocycles. The number of hydrogen-bond acceptors (Lipinski definition) is 6. The second kappa shape index (κ2) is 9.80. The van der Waals surface area contributed by atoms with Gasteiger partial charge in [-0.15, -0.1) is 0 Å². The molecular formula is C20H38N2O4. The van der Waals surface area contributed by atoms with Crippen LogP contribution in [0, 0.1) is 0 Å². The maximum absolute atomic E-state index is 9.41. The van der Waals surface area contributed by atoms with E-state index in [-0.39, 0.29) is 0 Å². The molecule has 0 bridgehead atoms. The van der Waals surface area contributed by atoms with Gasteiger partial charge in [-0.3, -0.25) is 9.80 Å². The molecule has 0 spiro atoms. The zero-order valence-electron chi connectivity index (χ0n) is 16.0. The highest BCUT2D eigenvalue weighted by Crippen LogP contribution is 2.26. The molecule has 26 heavy (non-hydrogen) atoms. The van der Waals surface area contributed by atoms with Crippen LogP contribution in [0.3, 0.4) is 0 Å². The van der Waals surface area contributed by atoms with Crippen LogP contribution in [0.25, 0.3) is 0 Å². The van der Waals surface area contributed by atoms with Gasteiger partial charge in [-0.25, -0.2) is 0 Å². The third-order valence-electron chi connectivity index (χ3n) is 6.76. The predicted octanol–water partition coefficient (Wildman–Crippen LogP) is 0.713.